The van der Waals surface area contributed by atoms with Crippen LogP contribution in [0.25, 0.3) is 0 Å². The van der Waals surface area contributed by atoms with Crippen LogP contribution in [0.4, 0.5) is 0 Å². The molecule has 2 aromatic rings. The van der Waals surface area contributed by atoms with E-state index in [1.807, 2.05) is 47.9 Å². The number of carbonyl (C=O) groups excluding carboxylic acids is 2. The summed E-state index contributed by atoms with van der Waals surface area (Å²) < 4.78 is 7.06. The zero-order chi connectivity index (χ0) is 15.7. The summed E-state index contributed by atoms with van der Waals surface area (Å²) in [5.41, 5.74) is 3.32. The van der Waals surface area contributed by atoms with Gasteiger partial charge in [0.15, 0.2) is 0 Å². The van der Waals surface area contributed by atoms with Crippen LogP contribution in [0.2, 0.25) is 0 Å². The van der Waals surface area contributed by atoms with Gasteiger partial charge in [-0.25, -0.2) is 0 Å². The van der Waals surface area contributed by atoms with E-state index in [4.69, 9.17) is 4.74 Å². The maximum atomic E-state index is 12.6. The van der Waals surface area contributed by atoms with Crippen LogP contribution >= 0.6 is 0 Å². The average Bonchev–Trinajstić information content (AvgIpc) is 3.08. The molecule has 1 aromatic heterocycles. The molecule has 0 aliphatic carbocycles. The fourth-order valence-corrected chi connectivity index (χ4v) is 2.98. The maximum absolute atomic E-state index is 12.6. The highest BCUT2D eigenvalue weighted by Gasteiger charge is 2.32. The summed E-state index contributed by atoms with van der Waals surface area (Å²) >= 11 is 0. The predicted octanol–water partition coefficient (Wildman–Crippen LogP) is 3.08. The van der Waals surface area contributed by atoms with Gasteiger partial charge in [0.05, 0.1) is 18.2 Å². The van der Waals surface area contributed by atoms with Crippen molar-refractivity contribution in [2.45, 2.75) is 32.7 Å². The first-order valence-electron chi connectivity index (χ1n) is 7.59. The summed E-state index contributed by atoms with van der Waals surface area (Å²) in [4.78, 5) is 24.6. The van der Waals surface area contributed by atoms with Gasteiger partial charge in [0.25, 0.3) is 0 Å². The SMILES string of the molecule is CCOC(=O)C1CCn2c(C(=O)c3ccc(C)cc3)ccc21. The van der Waals surface area contributed by atoms with E-state index in [-0.39, 0.29) is 17.7 Å². The summed E-state index contributed by atoms with van der Waals surface area (Å²) in [7, 11) is 0. The molecule has 1 aliphatic rings. The molecule has 1 atom stereocenters. The number of fused-ring (bicyclic) bond motifs is 1. The largest absolute Gasteiger partial charge is 0.465 e. The van der Waals surface area contributed by atoms with Crippen molar-refractivity contribution in [2.24, 2.45) is 0 Å². The molecule has 1 aromatic carbocycles. The highest BCUT2D eigenvalue weighted by molar-refractivity contribution is 6.08. The summed E-state index contributed by atoms with van der Waals surface area (Å²) in [6, 6.07) is 11.2. The number of nitrogens with zero attached hydrogens (tertiary/aromatic N) is 1. The Labute approximate surface area is 129 Å². The minimum atomic E-state index is -0.250. The number of carbonyl (C=O) groups is 2. The van der Waals surface area contributed by atoms with Crippen LogP contribution in [0.5, 0.6) is 0 Å². The first-order valence-corrected chi connectivity index (χ1v) is 7.59. The van der Waals surface area contributed by atoms with Crippen molar-refractivity contribution in [3.8, 4) is 0 Å². The molecule has 3 rings (SSSR count). The lowest BCUT2D eigenvalue weighted by Gasteiger charge is -2.08. The van der Waals surface area contributed by atoms with E-state index in [2.05, 4.69) is 0 Å². The van der Waals surface area contributed by atoms with Gasteiger partial charge in [0, 0.05) is 17.8 Å². The lowest BCUT2D eigenvalue weighted by Crippen LogP contribution is -2.13. The van der Waals surface area contributed by atoms with Gasteiger partial charge in [-0.1, -0.05) is 29.8 Å². The van der Waals surface area contributed by atoms with Gasteiger partial charge in [-0.05, 0) is 32.4 Å². The van der Waals surface area contributed by atoms with Gasteiger partial charge in [0.1, 0.15) is 0 Å². The lowest BCUT2D eigenvalue weighted by atomic mass is 10.0. The standard InChI is InChI=1S/C18H19NO3/c1-3-22-18(21)14-10-11-19-15(14)8-9-16(19)17(20)13-6-4-12(2)5-7-13/h4-9,14H,3,10-11H2,1-2H3. The van der Waals surface area contributed by atoms with E-state index >= 15 is 0 Å². The second kappa shape index (κ2) is 5.79. The normalized spacial score (nSPS) is 16.4. The van der Waals surface area contributed by atoms with E-state index in [1.165, 1.54) is 0 Å². The van der Waals surface area contributed by atoms with Gasteiger partial charge in [-0.15, -0.1) is 0 Å². The quantitative estimate of drug-likeness (QED) is 0.643. The fraction of sp³-hybridized carbons (Fsp3) is 0.333. The smallest absolute Gasteiger partial charge is 0.315 e. The van der Waals surface area contributed by atoms with Crippen LogP contribution < -0.4 is 0 Å². The Kier molecular flexibility index (Phi) is 3.84. The molecule has 2 heterocycles. The summed E-state index contributed by atoms with van der Waals surface area (Å²) in [5.74, 6) is -0.455. The fourth-order valence-electron chi connectivity index (χ4n) is 2.98. The minimum Gasteiger partial charge on any atom is -0.465 e. The number of aryl methyl sites for hydroxylation is 1. The molecule has 0 bridgehead atoms. The van der Waals surface area contributed by atoms with Crippen LogP contribution in [0, 0.1) is 6.92 Å². The third-order valence-electron chi connectivity index (χ3n) is 4.13. The van der Waals surface area contributed by atoms with Crippen molar-refractivity contribution in [2.75, 3.05) is 6.61 Å². The first kappa shape index (κ1) is 14.6. The maximum Gasteiger partial charge on any atom is 0.315 e. The average molecular weight is 297 g/mol. The Bertz CT molecular complexity index is 712. The van der Waals surface area contributed by atoms with Crippen molar-refractivity contribution in [1.82, 2.24) is 4.57 Å². The number of ether oxygens (including phenoxy) is 1. The van der Waals surface area contributed by atoms with Gasteiger partial charge >= 0.3 is 5.97 Å². The molecule has 0 saturated carbocycles. The molecule has 0 fully saturated rings. The third kappa shape index (κ3) is 2.45. The molecule has 0 amide bonds. The molecule has 114 valence electrons. The van der Waals surface area contributed by atoms with Crippen molar-refractivity contribution in [3.05, 3.63) is 58.9 Å². The zero-order valence-electron chi connectivity index (χ0n) is 12.8. The van der Waals surface area contributed by atoms with Crippen LogP contribution in [0.15, 0.2) is 36.4 Å². The molecule has 0 saturated heterocycles. The van der Waals surface area contributed by atoms with Gasteiger partial charge in [-0.2, -0.15) is 0 Å². The lowest BCUT2D eigenvalue weighted by molar-refractivity contribution is -0.144. The van der Waals surface area contributed by atoms with Crippen molar-refractivity contribution < 1.29 is 14.3 Å². The molecule has 4 nitrogen and oxygen atoms in total. The number of rotatable bonds is 4. The van der Waals surface area contributed by atoms with Crippen molar-refractivity contribution in [1.29, 1.82) is 0 Å². The van der Waals surface area contributed by atoms with Crippen LogP contribution in [0.1, 0.15) is 46.6 Å². The third-order valence-corrected chi connectivity index (χ3v) is 4.13. The Morgan fingerprint density at radius 1 is 1.18 bits per heavy atom. The minimum absolute atomic E-state index is 0.00393. The monoisotopic (exact) mass is 297 g/mol. The molecular formula is C18H19NO3. The van der Waals surface area contributed by atoms with Gasteiger partial charge in [-0.3, -0.25) is 9.59 Å². The van der Waals surface area contributed by atoms with Crippen molar-refractivity contribution in [3.63, 3.8) is 0 Å². The number of hydrogen-bond donors (Lipinski definition) is 0. The van der Waals surface area contributed by atoms with Gasteiger partial charge < -0.3 is 9.30 Å². The van der Waals surface area contributed by atoms with E-state index in [0.717, 1.165) is 11.3 Å². The summed E-state index contributed by atoms with van der Waals surface area (Å²) in [6.07, 6.45) is 0.698. The number of aromatic nitrogens is 1. The van der Waals surface area contributed by atoms with E-state index in [1.54, 1.807) is 6.92 Å². The van der Waals surface area contributed by atoms with E-state index in [9.17, 15) is 9.59 Å². The topological polar surface area (TPSA) is 48.3 Å². The highest BCUT2D eigenvalue weighted by Crippen LogP contribution is 2.32. The van der Waals surface area contributed by atoms with Gasteiger partial charge in [0.2, 0.25) is 5.78 Å². The molecule has 0 N–H and O–H groups in total. The molecule has 4 heteroatoms. The summed E-state index contributed by atoms with van der Waals surface area (Å²) in [5, 5.41) is 0. The number of esters is 1. The summed E-state index contributed by atoms with van der Waals surface area (Å²) in [6.45, 7) is 4.86. The Balaban J connectivity index is 1.89. The predicted molar refractivity (Wildman–Crippen MR) is 83.0 cm³/mol. The molecule has 1 unspecified atom stereocenters. The highest BCUT2D eigenvalue weighted by atomic mass is 16.5. The molecule has 0 spiro atoms. The Morgan fingerprint density at radius 3 is 2.59 bits per heavy atom. The molecule has 1 aliphatic heterocycles. The van der Waals surface area contributed by atoms with E-state index < -0.39 is 0 Å². The number of hydrogen-bond acceptors (Lipinski definition) is 3. The molecule has 22 heavy (non-hydrogen) atoms. The van der Waals surface area contributed by atoms with Crippen LogP contribution in [-0.4, -0.2) is 22.9 Å². The molecule has 0 radical (unpaired) electrons. The van der Waals surface area contributed by atoms with Crippen LogP contribution in [-0.2, 0) is 16.1 Å². The number of ketones is 1. The van der Waals surface area contributed by atoms with Crippen molar-refractivity contribution >= 4 is 11.8 Å². The second-order valence-corrected chi connectivity index (χ2v) is 5.58. The molecular weight excluding hydrogens is 278 g/mol. The van der Waals surface area contributed by atoms with E-state index in [0.29, 0.717) is 30.8 Å². The number of benzene rings is 1. The first-order chi connectivity index (χ1) is 10.6. The Hall–Kier alpha value is -2.36. The van der Waals surface area contributed by atoms with Crippen LogP contribution in [0.3, 0.4) is 0 Å². The Morgan fingerprint density at radius 2 is 1.91 bits per heavy atom. The second-order valence-electron chi connectivity index (χ2n) is 5.58. The zero-order valence-corrected chi connectivity index (χ0v) is 12.8.